The van der Waals surface area contributed by atoms with Crippen LogP contribution in [0.25, 0.3) is 10.9 Å². The van der Waals surface area contributed by atoms with Gasteiger partial charge in [0.05, 0.1) is 22.0 Å². The van der Waals surface area contributed by atoms with E-state index in [1.54, 1.807) is 0 Å². The number of hydrogen-bond acceptors (Lipinski definition) is 7. The minimum absolute atomic E-state index is 0.0429. The summed E-state index contributed by atoms with van der Waals surface area (Å²) in [7, 11) is 0. The first-order valence-electron chi connectivity index (χ1n) is 9.82. The zero-order valence-electron chi connectivity index (χ0n) is 16.7. The fourth-order valence-electron chi connectivity index (χ4n) is 3.46. The average molecular weight is 486 g/mol. The average Bonchev–Trinajstić information content (AvgIpc) is 3.22. The minimum atomic E-state index is -5.27. The molecule has 3 aromatic rings. The molecule has 1 heterocycles. The summed E-state index contributed by atoms with van der Waals surface area (Å²) < 4.78 is 61.9. The summed E-state index contributed by atoms with van der Waals surface area (Å²) in [5.74, 6) is -3.37. The maximum Gasteiger partial charge on any atom is 0.491 e. The number of alkyl halides is 3. The normalized spacial score (nSPS) is 14.5. The summed E-state index contributed by atoms with van der Waals surface area (Å²) in [6, 6.07) is 5.23. The number of carbonyl (C=O) groups excluding carboxylic acids is 1. The molecule has 1 aliphatic rings. The zero-order chi connectivity index (χ0) is 23.8. The number of nitrogens with one attached hydrogen (secondary N) is 1. The molecule has 7 nitrogen and oxygen atoms in total. The Morgan fingerprint density at radius 1 is 1.15 bits per heavy atom. The Morgan fingerprint density at radius 3 is 2.55 bits per heavy atom. The number of benzene rings is 2. The molecule has 12 heteroatoms. The van der Waals surface area contributed by atoms with Crippen molar-refractivity contribution in [2.75, 3.05) is 5.32 Å². The molecule has 174 valence electrons. The third-order valence-electron chi connectivity index (χ3n) is 4.92. The van der Waals surface area contributed by atoms with Gasteiger partial charge in [0, 0.05) is 17.8 Å². The topological polar surface area (TPSA) is 93.6 Å². The number of phenols is 1. The smallest absolute Gasteiger partial charge is 0.491 e. The maximum atomic E-state index is 13.5. The van der Waals surface area contributed by atoms with E-state index in [0.717, 1.165) is 37.8 Å². The maximum absolute atomic E-state index is 13.5. The van der Waals surface area contributed by atoms with Gasteiger partial charge in [-0.15, -0.1) is 0 Å². The van der Waals surface area contributed by atoms with Crippen molar-refractivity contribution < 1.29 is 36.9 Å². The molecular weight excluding hydrogens is 470 g/mol. The first kappa shape index (κ1) is 22.8. The first-order valence-corrected chi connectivity index (χ1v) is 10.2. The predicted molar refractivity (Wildman–Crippen MR) is 110 cm³/mol. The van der Waals surface area contributed by atoms with E-state index in [0.29, 0.717) is 0 Å². The fourth-order valence-corrected chi connectivity index (χ4v) is 3.64. The standard InChI is InChI=1S/C21H16ClF4N3O4/c22-13-7-10(5-6-14(13)23)27-18-17-15(28-20(29-18)33-19(31)21(24,25)26)8-11(30)9-16(17)32-12-3-1-2-4-12/h5-9,12,30H,1-4H2,(H,27,28,29). The van der Waals surface area contributed by atoms with Crippen LogP contribution in [0, 0.1) is 5.82 Å². The van der Waals surface area contributed by atoms with Gasteiger partial charge in [-0.05, 0) is 43.9 Å². The van der Waals surface area contributed by atoms with Crippen molar-refractivity contribution in [3.8, 4) is 17.5 Å². The molecule has 1 saturated carbocycles. The number of aromatic nitrogens is 2. The van der Waals surface area contributed by atoms with E-state index in [-0.39, 0.29) is 45.0 Å². The lowest BCUT2D eigenvalue weighted by molar-refractivity contribution is -0.190. The Balaban J connectivity index is 1.83. The number of fused-ring (bicyclic) bond motifs is 1. The van der Waals surface area contributed by atoms with Crippen LogP contribution in [-0.4, -0.2) is 33.3 Å². The minimum Gasteiger partial charge on any atom is -0.508 e. The van der Waals surface area contributed by atoms with Crippen molar-refractivity contribution in [1.82, 2.24) is 9.97 Å². The molecule has 0 aliphatic heterocycles. The van der Waals surface area contributed by atoms with Crippen LogP contribution in [0.5, 0.6) is 17.5 Å². The second-order valence-corrected chi connectivity index (χ2v) is 7.77. The van der Waals surface area contributed by atoms with Gasteiger partial charge in [0.2, 0.25) is 0 Å². The largest absolute Gasteiger partial charge is 0.508 e. The number of ether oxygens (including phenoxy) is 2. The highest BCUT2D eigenvalue weighted by atomic mass is 35.5. The number of hydrogen-bond donors (Lipinski definition) is 2. The second kappa shape index (κ2) is 8.89. The van der Waals surface area contributed by atoms with Crippen LogP contribution in [0.4, 0.5) is 29.1 Å². The molecule has 4 rings (SSSR count). The Morgan fingerprint density at radius 2 is 1.88 bits per heavy atom. The van der Waals surface area contributed by atoms with Crippen LogP contribution in [-0.2, 0) is 4.79 Å². The number of halogens is 5. The van der Waals surface area contributed by atoms with Crippen LogP contribution in [0.1, 0.15) is 25.7 Å². The van der Waals surface area contributed by atoms with Gasteiger partial charge in [0.25, 0.3) is 0 Å². The number of nitrogens with zero attached hydrogens (tertiary/aromatic N) is 2. The van der Waals surface area contributed by atoms with Crippen LogP contribution in [0.2, 0.25) is 5.02 Å². The number of aromatic hydroxyl groups is 1. The van der Waals surface area contributed by atoms with Crippen molar-refractivity contribution in [2.45, 2.75) is 38.0 Å². The van der Waals surface area contributed by atoms with E-state index in [2.05, 4.69) is 20.0 Å². The van der Waals surface area contributed by atoms with Crippen molar-refractivity contribution in [1.29, 1.82) is 0 Å². The Labute approximate surface area is 189 Å². The third kappa shape index (κ3) is 5.19. The second-order valence-electron chi connectivity index (χ2n) is 7.36. The lowest BCUT2D eigenvalue weighted by Gasteiger charge is -2.18. The summed E-state index contributed by atoms with van der Waals surface area (Å²) in [6.45, 7) is 0. The number of rotatable bonds is 5. The molecule has 1 aromatic heterocycles. The van der Waals surface area contributed by atoms with Gasteiger partial charge in [0.1, 0.15) is 23.1 Å². The van der Waals surface area contributed by atoms with E-state index in [1.165, 1.54) is 18.2 Å². The van der Waals surface area contributed by atoms with Gasteiger partial charge in [-0.3, -0.25) is 0 Å². The summed E-state index contributed by atoms with van der Waals surface area (Å²) in [4.78, 5) is 19.0. The van der Waals surface area contributed by atoms with Gasteiger partial charge in [-0.25, -0.2) is 9.18 Å². The number of phenolic OH excluding ortho intramolecular Hbond substituents is 1. The van der Waals surface area contributed by atoms with Crippen molar-refractivity contribution >= 4 is 40.0 Å². The predicted octanol–water partition coefficient (Wildman–Crippen LogP) is 5.66. The molecule has 0 unspecified atom stereocenters. The zero-order valence-corrected chi connectivity index (χ0v) is 17.5. The summed E-state index contributed by atoms with van der Waals surface area (Å²) >= 11 is 5.81. The van der Waals surface area contributed by atoms with Gasteiger partial charge in [-0.2, -0.15) is 23.1 Å². The number of esters is 1. The molecule has 0 bridgehead atoms. The molecule has 1 fully saturated rings. The SMILES string of the molecule is O=C(Oc1nc(Nc2ccc(F)c(Cl)c2)c2c(OC3CCCC3)cc(O)cc2n1)C(F)(F)F. The molecule has 2 aromatic carbocycles. The highest BCUT2D eigenvalue weighted by Gasteiger charge is 2.42. The van der Waals surface area contributed by atoms with E-state index in [9.17, 15) is 27.5 Å². The van der Waals surface area contributed by atoms with E-state index in [1.807, 2.05) is 0 Å². The van der Waals surface area contributed by atoms with Crippen LogP contribution in [0.15, 0.2) is 30.3 Å². The van der Waals surface area contributed by atoms with Gasteiger partial charge >= 0.3 is 18.2 Å². The molecule has 0 saturated heterocycles. The highest BCUT2D eigenvalue weighted by Crippen LogP contribution is 2.39. The van der Waals surface area contributed by atoms with Crippen LogP contribution >= 0.6 is 11.6 Å². The Kier molecular flexibility index (Phi) is 6.15. The lowest BCUT2D eigenvalue weighted by atomic mass is 10.2. The quantitative estimate of drug-likeness (QED) is 0.356. The van der Waals surface area contributed by atoms with Crippen molar-refractivity contribution in [3.63, 3.8) is 0 Å². The van der Waals surface area contributed by atoms with Gasteiger partial charge in [-0.1, -0.05) is 11.6 Å². The molecule has 0 spiro atoms. The number of carbonyl (C=O) groups is 1. The Bertz CT molecular complexity index is 1220. The van der Waals surface area contributed by atoms with E-state index in [4.69, 9.17) is 16.3 Å². The molecule has 1 aliphatic carbocycles. The summed E-state index contributed by atoms with van der Waals surface area (Å²) in [6.07, 6.45) is -1.90. The molecular formula is C21H16ClF4N3O4. The monoisotopic (exact) mass is 485 g/mol. The Hall–Kier alpha value is -3.34. The van der Waals surface area contributed by atoms with Gasteiger partial charge in [0.15, 0.2) is 0 Å². The molecule has 2 N–H and O–H groups in total. The summed E-state index contributed by atoms with van der Waals surface area (Å²) in [5, 5.41) is 13.0. The van der Waals surface area contributed by atoms with E-state index < -0.39 is 24.0 Å². The molecule has 0 amide bonds. The lowest BCUT2D eigenvalue weighted by Crippen LogP contribution is -2.28. The first-order chi connectivity index (χ1) is 15.6. The molecule has 0 atom stereocenters. The van der Waals surface area contributed by atoms with E-state index >= 15 is 0 Å². The third-order valence-corrected chi connectivity index (χ3v) is 5.21. The fraction of sp³-hybridized carbons (Fsp3) is 0.286. The van der Waals surface area contributed by atoms with Crippen LogP contribution < -0.4 is 14.8 Å². The summed E-state index contributed by atoms with van der Waals surface area (Å²) in [5.41, 5.74) is 0.202. The molecule has 33 heavy (non-hydrogen) atoms. The highest BCUT2D eigenvalue weighted by molar-refractivity contribution is 6.31. The van der Waals surface area contributed by atoms with Gasteiger partial charge < -0.3 is 19.9 Å². The van der Waals surface area contributed by atoms with Crippen molar-refractivity contribution in [2.24, 2.45) is 0 Å². The van der Waals surface area contributed by atoms with Crippen molar-refractivity contribution in [3.05, 3.63) is 41.2 Å². The molecule has 0 radical (unpaired) electrons. The van der Waals surface area contributed by atoms with Crippen LogP contribution in [0.3, 0.4) is 0 Å². The number of anilines is 2.